The van der Waals surface area contributed by atoms with Gasteiger partial charge in [0.1, 0.15) is 23.1 Å². The maximum Gasteiger partial charge on any atom is 0.319 e. The first-order valence-electron chi connectivity index (χ1n) is 7.70. The topological polar surface area (TPSA) is 96.8 Å². The van der Waals surface area contributed by atoms with E-state index in [2.05, 4.69) is 31.2 Å². The standard InChI is InChI=1S/C16H15F2N7O/c17-11-3-1-4-12(18)15(11)22-16(26)20-9-8-19-13-5-6-14(24-23-13)25-10-2-7-21-25/h1-7,10H,8-9H2,(H,19,23)(H2,20,22,26). The number of hydrogen-bond donors (Lipinski definition) is 3. The van der Waals surface area contributed by atoms with Gasteiger partial charge in [0.15, 0.2) is 5.82 Å². The average Bonchev–Trinajstić information content (AvgIpc) is 3.17. The number of para-hydroxylation sites is 1. The number of anilines is 2. The van der Waals surface area contributed by atoms with E-state index < -0.39 is 23.4 Å². The van der Waals surface area contributed by atoms with E-state index in [4.69, 9.17) is 0 Å². The number of aromatic nitrogens is 4. The number of amides is 2. The minimum atomic E-state index is -0.842. The summed E-state index contributed by atoms with van der Waals surface area (Å²) in [5, 5.41) is 19.6. The Balaban J connectivity index is 1.43. The lowest BCUT2D eigenvalue weighted by molar-refractivity contribution is 0.252. The van der Waals surface area contributed by atoms with Crippen LogP contribution in [0.5, 0.6) is 0 Å². The Kier molecular flexibility index (Phi) is 5.32. The van der Waals surface area contributed by atoms with Gasteiger partial charge in [-0.15, -0.1) is 10.2 Å². The summed E-state index contributed by atoms with van der Waals surface area (Å²) in [5.74, 6) is -0.593. The zero-order chi connectivity index (χ0) is 18.4. The molecule has 1 aromatic carbocycles. The molecule has 0 saturated heterocycles. The molecule has 0 spiro atoms. The first kappa shape index (κ1) is 17.3. The van der Waals surface area contributed by atoms with Crippen molar-refractivity contribution in [2.75, 3.05) is 23.7 Å². The van der Waals surface area contributed by atoms with Gasteiger partial charge in [-0.2, -0.15) is 5.10 Å². The second-order valence-electron chi connectivity index (χ2n) is 5.13. The van der Waals surface area contributed by atoms with Crippen LogP contribution in [0.15, 0.2) is 48.8 Å². The van der Waals surface area contributed by atoms with E-state index >= 15 is 0 Å². The molecule has 0 aliphatic heterocycles. The fraction of sp³-hybridized carbons (Fsp3) is 0.125. The van der Waals surface area contributed by atoms with Gasteiger partial charge in [0, 0.05) is 25.5 Å². The molecule has 3 N–H and O–H groups in total. The van der Waals surface area contributed by atoms with Gasteiger partial charge in [0.05, 0.1) is 0 Å². The molecule has 134 valence electrons. The molecule has 26 heavy (non-hydrogen) atoms. The molecule has 8 nitrogen and oxygen atoms in total. The Morgan fingerprint density at radius 2 is 1.85 bits per heavy atom. The monoisotopic (exact) mass is 359 g/mol. The maximum absolute atomic E-state index is 13.4. The third kappa shape index (κ3) is 4.29. The number of hydrogen-bond acceptors (Lipinski definition) is 5. The van der Waals surface area contributed by atoms with Gasteiger partial charge >= 0.3 is 6.03 Å². The van der Waals surface area contributed by atoms with Crippen molar-refractivity contribution in [3.05, 3.63) is 60.4 Å². The van der Waals surface area contributed by atoms with Crippen molar-refractivity contribution in [2.45, 2.75) is 0 Å². The molecule has 2 aromatic heterocycles. The maximum atomic E-state index is 13.4. The van der Waals surface area contributed by atoms with Crippen LogP contribution in [0, 0.1) is 11.6 Å². The summed E-state index contributed by atoms with van der Waals surface area (Å²) >= 11 is 0. The smallest absolute Gasteiger partial charge is 0.319 e. The molecule has 2 amide bonds. The largest absolute Gasteiger partial charge is 0.367 e. The SMILES string of the molecule is O=C(NCCNc1ccc(-n2cccn2)nn1)Nc1c(F)cccc1F. The van der Waals surface area contributed by atoms with Crippen molar-refractivity contribution in [3.63, 3.8) is 0 Å². The fourth-order valence-electron chi connectivity index (χ4n) is 2.09. The van der Waals surface area contributed by atoms with Crippen molar-refractivity contribution in [1.82, 2.24) is 25.3 Å². The van der Waals surface area contributed by atoms with Crippen molar-refractivity contribution in [3.8, 4) is 5.82 Å². The number of nitrogens with zero attached hydrogens (tertiary/aromatic N) is 4. The van der Waals surface area contributed by atoms with Crippen LogP contribution < -0.4 is 16.0 Å². The van der Waals surface area contributed by atoms with Crippen LogP contribution in [0.25, 0.3) is 5.82 Å². The number of nitrogens with one attached hydrogen (secondary N) is 3. The highest BCUT2D eigenvalue weighted by molar-refractivity contribution is 5.89. The quantitative estimate of drug-likeness (QED) is 0.586. The van der Waals surface area contributed by atoms with Crippen LogP contribution in [0.4, 0.5) is 25.1 Å². The number of benzene rings is 1. The van der Waals surface area contributed by atoms with Gasteiger partial charge in [0.25, 0.3) is 0 Å². The van der Waals surface area contributed by atoms with E-state index in [0.717, 1.165) is 12.1 Å². The summed E-state index contributed by atoms with van der Waals surface area (Å²) in [6, 6.07) is 7.87. The summed E-state index contributed by atoms with van der Waals surface area (Å²) in [6.07, 6.45) is 3.38. The molecule has 0 fully saturated rings. The Morgan fingerprint density at radius 3 is 2.50 bits per heavy atom. The van der Waals surface area contributed by atoms with E-state index in [0.29, 0.717) is 18.2 Å². The first-order chi connectivity index (χ1) is 12.6. The predicted octanol–water partition coefficient (Wildman–Crippen LogP) is 2.17. The highest BCUT2D eigenvalue weighted by atomic mass is 19.1. The molecule has 3 rings (SSSR count). The molecule has 2 heterocycles. The van der Waals surface area contributed by atoms with E-state index in [9.17, 15) is 13.6 Å². The van der Waals surface area contributed by atoms with Gasteiger partial charge in [-0.1, -0.05) is 6.07 Å². The number of urea groups is 1. The second kappa shape index (κ2) is 8.01. The van der Waals surface area contributed by atoms with Gasteiger partial charge in [-0.25, -0.2) is 18.3 Å². The molecule has 0 atom stereocenters. The van der Waals surface area contributed by atoms with Gasteiger partial charge in [0.2, 0.25) is 0 Å². The fourth-order valence-corrected chi connectivity index (χ4v) is 2.09. The molecule has 0 bridgehead atoms. The number of halogens is 2. The van der Waals surface area contributed by atoms with Crippen LogP contribution in [-0.4, -0.2) is 39.1 Å². The Bertz CT molecular complexity index is 849. The highest BCUT2D eigenvalue weighted by Crippen LogP contribution is 2.17. The Morgan fingerprint density at radius 1 is 1.04 bits per heavy atom. The molecule has 0 aliphatic rings. The van der Waals surface area contributed by atoms with Crippen LogP contribution in [0.3, 0.4) is 0 Å². The summed E-state index contributed by atoms with van der Waals surface area (Å²) in [6.45, 7) is 0.563. The Hall–Kier alpha value is -3.56. The molecule has 3 aromatic rings. The molecular weight excluding hydrogens is 344 g/mol. The highest BCUT2D eigenvalue weighted by Gasteiger charge is 2.11. The van der Waals surface area contributed by atoms with Crippen LogP contribution in [0.2, 0.25) is 0 Å². The average molecular weight is 359 g/mol. The normalized spacial score (nSPS) is 10.4. The van der Waals surface area contributed by atoms with E-state index in [1.54, 1.807) is 35.3 Å². The summed E-state index contributed by atoms with van der Waals surface area (Å²) in [7, 11) is 0. The lowest BCUT2D eigenvalue weighted by atomic mass is 10.3. The minimum absolute atomic E-state index is 0.213. The number of rotatable bonds is 6. The molecule has 0 radical (unpaired) electrons. The lowest BCUT2D eigenvalue weighted by Gasteiger charge is -2.10. The lowest BCUT2D eigenvalue weighted by Crippen LogP contribution is -2.33. The molecule has 0 unspecified atom stereocenters. The van der Waals surface area contributed by atoms with E-state index in [1.165, 1.54) is 6.07 Å². The summed E-state index contributed by atoms with van der Waals surface area (Å²) in [5.41, 5.74) is -0.488. The van der Waals surface area contributed by atoms with Gasteiger partial charge in [-0.3, -0.25) is 0 Å². The number of carbonyl (C=O) groups is 1. The molecule has 0 saturated carbocycles. The minimum Gasteiger partial charge on any atom is -0.367 e. The molecule has 0 aliphatic carbocycles. The Labute approximate surface area is 147 Å². The predicted molar refractivity (Wildman–Crippen MR) is 91.0 cm³/mol. The van der Waals surface area contributed by atoms with Gasteiger partial charge < -0.3 is 16.0 Å². The first-order valence-corrected chi connectivity index (χ1v) is 7.70. The zero-order valence-corrected chi connectivity index (χ0v) is 13.5. The van der Waals surface area contributed by atoms with Crippen molar-refractivity contribution >= 4 is 17.5 Å². The van der Waals surface area contributed by atoms with E-state index in [-0.39, 0.29) is 6.54 Å². The van der Waals surface area contributed by atoms with Gasteiger partial charge in [-0.05, 0) is 30.3 Å². The summed E-state index contributed by atoms with van der Waals surface area (Å²) in [4.78, 5) is 11.7. The zero-order valence-electron chi connectivity index (χ0n) is 13.5. The van der Waals surface area contributed by atoms with Crippen LogP contribution >= 0.6 is 0 Å². The molecular formula is C16H15F2N7O. The van der Waals surface area contributed by atoms with Crippen molar-refractivity contribution in [2.24, 2.45) is 0 Å². The number of carbonyl (C=O) groups excluding carboxylic acids is 1. The van der Waals surface area contributed by atoms with E-state index in [1.807, 2.05) is 0 Å². The van der Waals surface area contributed by atoms with Crippen LogP contribution in [-0.2, 0) is 0 Å². The molecule has 10 heteroatoms. The van der Waals surface area contributed by atoms with Crippen LogP contribution in [0.1, 0.15) is 0 Å². The van der Waals surface area contributed by atoms with Crippen molar-refractivity contribution < 1.29 is 13.6 Å². The summed E-state index contributed by atoms with van der Waals surface area (Å²) < 4.78 is 28.5. The third-order valence-corrected chi connectivity index (χ3v) is 3.31. The third-order valence-electron chi connectivity index (χ3n) is 3.31. The van der Waals surface area contributed by atoms with Crippen molar-refractivity contribution in [1.29, 1.82) is 0 Å². The second-order valence-corrected chi connectivity index (χ2v) is 5.13.